The highest BCUT2D eigenvalue weighted by Gasteiger charge is 2.13. The predicted molar refractivity (Wildman–Crippen MR) is 88.4 cm³/mol. The summed E-state index contributed by atoms with van der Waals surface area (Å²) in [5, 5.41) is 16.6. The Morgan fingerprint density at radius 1 is 1.32 bits per heavy atom. The van der Waals surface area contributed by atoms with Crippen molar-refractivity contribution in [2.75, 3.05) is 11.9 Å². The van der Waals surface area contributed by atoms with Gasteiger partial charge in [-0.25, -0.2) is 0 Å². The fourth-order valence-corrected chi connectivity index (χ4v) is 3.55. The fraction of sp³-hybridized carbons (Fsp3) is 0.231. The van der Waals surface area contributed by atoms with E-state index in [9.17, 15) is 0 Å². The summed E-state index contributed by atoms with van der Waals surface area (Å²) in [5.74, 6) is 1.58. The minimum Gasteiger partial charge on any atom is -0.360 e. The van der Waals surface area contributed by atoms with E-state index >= 15 is 0 Å². The minimum atomic E-state index is 0.423. The van der Waals surface area contributed by atoms with Gasteiger partial charge < -0.3 is 9.84 Å². The van der Waals surface area contributed by atoms with Gasteiger partial charge in [0.25, 0.3) is 5.89 Å². The quantitative estimate of drug-likeness (QED) is 0.672. The van der Waals surface area contributed by atoms with Crippen molar-refractivity contribution in [2.45, 2.75) is 17.0 Å². The molecule has 0 aliphatic rings. The molecule has 3 rings (SSSR count). The van der Waals surface area contributed by atoms with Gasteiger partial charge in [-0.1, -0.05) is 52.0 Å². The van der Waals surface area contributed by atoms with Crippen LogP contribution in [0.15, 0.2) is 33.1 Å². The zero-order chi connectivity index (χ0) is 15.4. The number of nitrogens with zero attached hydrogens (tertiary/aromatic N) is 4. The summed E-state index contributed by atoms with van der Waals surface area (Å²) in [6.45, 7) is 2.84. The molecule has 0 aliphatic carbocycles. The van der Waals surface area contributed by atoms with Gasteiger partial charge in [0.2, 0.25) is 5.13 Å². The second-order valence-corrected chi connectivity index (χ2v) is 6.79. The highest BCUT2D eigenvalue weighted by atomic mass is 35.5. The lowest BCUT2D eigenvalue weighted by atomic mass is 10.2. The van der Waals surface area contributed by atoms with E-state index in [0.29, 0.717) is 22.5 Å². The molecule has 6 nitrogen and oxygen atoms in total. The summed E-state index contributed by atoms with van der Waals surface area (Å²) in [6, 6.07) is 7.37. The molecule has 9 heteroatoms. The number of hydrogen-bond donors (Lipinski definition) is 1. The molecule has 0 spiro atoms. The van der Waals surface area contributed by atoms with Crippen LogP contribution in [0.4, 0.5) is 5.13 Å². The van der Waals surface area contributed by atoms with Gasteiger partial charge in [-0.15, -0.1) is 10.2 Å². The van der Waals surface area contributed by atoms with E-state index in [0.717, 1.165) is 21.6 Å². The Balaban J connectivity index is 1.65. The maximum atomic E-state index is 6.12. The van der Waals surface area contributed by atoms with Gasteiger partial charge in [0.1, 0.15) is 0 Å². The number of aromatic nitrogens is 4. The third-order valence-corrected chi connectivity index (χ3v) is 4.97. The van der Waals surface area contributed by atoms with Gasteiger partial charge in [-0.05, 0) is 19.1 Å². The van der Waals surface area contributed by atoms with E-state index in [1.807, 2.05) is 25.1 Å². The molecule has 0 fully saturated rings. The van der Waals surface area contributed by atoms with Crippen LogP contribution in [-0.2, 0) is 5.75 Å². The molecule has 3 aromatic rings. The number of benzene rings is 1. The van der Waals surface area contributed by atoms with Crippen LogP contribution in [-0.4, -0.2) is 26.9 Å². The smallest absolute Gasteiger partial charge is 0.259 e. The standard InChI is InChI=1S/C13H12ClN5OS2/c1-2-15-12-17-18-13(22-12)21-7-10-16-11(20-19-10)8-5-3-4-6-9(8)14/h3-6H,2,7H2,1H3,(H,15,17). The molecule has 2 aromatic heterocycles. The van der Waals surface area contributed by atoms with Gasteiger partial charge in [0.15, 0.2) is 10.2 Å². The zero-order valence-electron chi connectivity index (χ0n) is 11.6. The molecule has 0 unspecified atom stereocenters. The maximum absolute atomic E-state index is 6.12. The van der Waals surface area contributed by atoms with E-state index in [1.54, 1.807) is 6.07 Å². The van der Waals surface area contributed by atoms with Gasteiger partial charge in [0.05, 0.1) is 16.3 Å². The molecule has 1 aromatic carbocycles. The first kappa shape index (κ1) is 15.3. The lowest BCUT2D eigenvalue weighted by molar-refractivity contribution is 0.425. The van der Waals surface area contributed by atoms with Crippen molar-refractivity contribution in [3.8, 4) is 11.5 Å². The van der Waals surface area contributed by atoms with E-state index in [1.165, 1.54) is 23.1 Å². The summed E-state index contributed by atoms with van der Waals surface area (Å²) >= 11 is 9.14. The van der Waals surface area contributed by atoms with Gasteiger partial charge in [0, 0.05) is 6.54 Å². The average molecular weight is 354 g/mol. The number of anilines is 1. The summed E-state index contributed by atoms with van der Waals surface area (Å²) in [4.78, 5) is 4.36. The minimum absolute atomic E-state index is 0.423. The molecule has 0 bridgehead atoms. The van der Waals surface area contributed by atoms with Gasteiger partial charge in [-0.2, -0.15) is 4.98 Å². The van der Waals surface area contributed by atoms with Crippen LogP contribution in [0, 0.1) is 0 Å². The van der Waals surface area contributed by atoms with Gasteiger partial charge in [-0.3, -0.25) is 0 Å². The van der Waals surface area contributed by atoms with Crippen molar-refractivity contribution >= 4 is 39.8 Å². The largest absolute Gasteiger partial charge is 0.360 e. The van der Waals surface area contributed by atoms with Crippen LogP contribution in [0.3, 0.4) is 0 Å². The summed E-state index contributed by atoms with van der Waals surface area (Å²) in [6.07, 6.45) is 0. The Morgan fingerprint density at radius 3 is 3.00 bits per heavy atom. The lowest BCUT2D eigenvalue weighted by Crippen LogP contribution is -1.94. The highest BCUT2D eigenvalue weighted by molar-refractivity contribution is 8.00. The van der Waals surface area contributed by atoms with Crippen molar-refractivity contribution in [1.82, 2.24) is 20.3 Å². The van der Waals surface area contributed by atoms with Crippen molar-refractivity contribution < 1.29 is 4.52 Å². The lowest BCUT2D eigenvalue weighted by Gasteiger charge is -1.95. The molecule has 0 radical (unpaired) electrons. The van der Waals surface area contributed by atoms with E-state index in [4.69, 9.17) is 16.1 Å². The van der Waals surface area contributed by atoms with Crippen LogP contribution in [0.5, 0.6) is 0 Å². The van der Waals surface area contributed by atoms with Crippen LogP contribution in [0.2, 0.25) is 5.02 Å². The monoisotopic (exact) mass is 353 g/mol. The second-order valence-electron chi connectivity index (χ2n) is 4.19. The van der Waals surface area contributed by atoms with Crippen molar-refractivity contribution in [3.05, 3.63) is 35.1 Å². The topological polar surface area (TPSA) is 76.7 Å². The van der Waals surface area contributed by atoms with Crippen LogP contribution in [0.25, 0.3) is 11.5 Å². The molecule has 1 N–H and O–H groups in total. The number of rotatable bonds is 6. The molecule has 0 saturated carbocycles. The molecular weight excluding hydrogens is 342 g/mol. The second kappa shape index (κ2) is 7.08. The number of nitrogens with one attached hydrogen (secondary N) is 1. The SMILES string of the molecule is CCNc1nnc(SCc2noc(-c3ccccc3Cl)n2)s1. The summed E-state index contributed by atoms with van der Waals surface area (Å²) in [7, 11) is 0. The molecule has 114 valence electrons. The first-order chi connectivity index (χ1) is 10.8. The predicted octanol–water partition coefficient (Wildman–Crippen LogP) is 3.97. The van der Waals surface area contributed by atoms with E-state index in [-0.39, 0.29) is 0 Å². The van der Waals surface area contributed by atoms with E-state index in [2.05, 4.69) is 25.7 Å². The van der Waals surface area contributed by atoms with Gasteiger partial charge >= 0.3 is 0 Å². The molecule has 22 heavy (non-hydrogen) atoms. The molecule has 0 saturated heterocycles. The molecule has 0 atom stereocenters. The Morgan fingerprint density at radius 2 is 2.18 bits per heavy atom. The van der Waals surface area contributed by atoms with Crippen LogP contribution >= 0.6 is 34.7 Å². The van der Waals surface area contributed by atoms with Crippen LogP contribution in [0.1, 0.15) is 12.7 Å². The van der Waals surface area contributed by atoms with E-state index < -0.39 is 0 Å². The Labute approximate surface area is 140 Å². The maximum Gasteiger partial charge on any atom is 0.259 e. The first-order valence-electron chi connectivity index (χ1n) is 6.54. The zero-order valence-corrected chi connectivity index (χ0v) is 14.0. The summed E-state index contributed by atoms with van der Waals surface area (Å²) < 4.78 is 6.12. The van der Waals surface area contributed by atoms with Crippen LogP contribution < -0.4 is 5.32 Å². The van der Waals surface area contributed by atoms with Crippen molar-refractivity contribution in [1.29, 1.82) is 0 Å². The van der Waals surface area contributed by atoms with Crippen molar-refractivity contribution in [3.63, 3.8) is 0 Å². The number of hydrogen-bond acceptors (Lipinski definition) is 8. The Bertz CT molecular complexity index is 760. The number of thioether (sulfide) groups is 1. The molecule has 0 amide bonds. The third kappa shape index (κ3) is 3.57. The summed E-state index contributed by atoms with van der Waals surface area (Å²) in [5.41, 5.74) is 0.735. The average Bonchev–Trinajstić information content (AvgIpc) is 3.15. The third-order valence-electron chi connectivity index (χ3n) is 2.63. The number of halogens is 1. The Kier molecular flexibility index (Phi) is 4.91. The molecule has 2 heterocycles. The first-order valence-corrected chi connectivity index (χ1v) is 8.72. The normalized spacial score (nSPS) is 10.8. The molecule has 0 aliphatic heterocycles. The Hall–Kier alpha value is -1.64. The molecular formula is C13H12ClN5OS2. The highest BCUT2D eigenvalue weighted by Crippen LogP contribution is 2.29. The fourth-order valence-electron chi connectivity index (χ4n) is 1.67. The van der Waals surface area contributed by atoms with Crippen molar-refractivity contribution in [2.24, 2.45) is 0 Å².